The van der Waals surface area contributed by atoms with Gasteiger partial charge in [-0.05, 0) is 37.5 Å². The molecule has 0 aliphatic rings. The second-order valence-corrected chi connectivity index (χ2v) is 9.14. The lowest BCUT2D eigenvalue weighted by Gasteiger charge is -2.04. The Morgan fingerprint density at radius 1 is 1.03 bits per heavy atom. The van der Waals surface area contributed by atoms with Crippen molar-refractivity contribution in [3.05, 3.63) is 70.0 Å². The van der Waals surface area contributed by atoms with Gasteiger partial charge in [-0.2, -0.15) is 0 Å². The van der Waals surface area contributed by atoms with Crippen LogP contribution in [0.4, 0.5) is 5.13 Å². The Bertz CT molecular complexity index is 1380. The van der Waals surface area contributed by atoms with E-state index in [0.29, 0.717) is 24.8 Å². The molecule has 0 fully saturated rings. The van der Waals surface area contributed by atoms with Crippen molar-refractivity contribution in [2.24, 2.45) is 0 Å². The molecule has 0 radical (unpaired) electrons. The third kappa shape index (κ3) is 5.86. The normalized spacial score (nSPS) is 11.0. The van der Waals surface area contributed by atoms with Gasteiger partial charge < -0.3 is 10.6 Å². The quantitative estimate of drug-likeness (QED) is 0.327. The van der Waals surface area contributed by atoms with Gasteiger partial charge in [0, 0.05) is 43.9 Å². The van der Waals surface area contributed by atoms with Crippen molar-refractivity contribution >= 4 is 39.3 Å². The van der Waals surface area contributed by atoms with Gasteiger partial charge in [-0.1, -0.05) is 36.4 Å². The summed E-state index contributed by atoms with van der Waals surface area (Å²) in [6, 6.07) is 15.8. The van der Waals surface area contributed by atoms with Crippen molar-refractivity contribution < 1.29 is 9.59 Å². The maximum absolute atomic E-state index is 12.7. The lowest BCUT2D eigenvalue weighted by atomic mass is 10.1. The third-order valence-corrected chi connectivity index (χ3v) is 6.58. The van der Waals surface area contributed by atoms with E-state index in [1.165, 1.54) is 23.8 Å². The molecule has 8 nitrogen and oxygen atoms in total. The molecule has 35 heavy (non-hydrogen) atoms. The van der Waals surface area contributed by atoms with Crippen LogP contribution in [0.2, 0.25) is 0 Å². The number of nitrogens with zero attached hydrogens (tertiary/aromatic N) is 3. The molecule has 0 aliphatic carbocycles. The summed E-state index contributed by atoms with van der Waals surface area (Å²) >= 11 is 1.38. The fourth-order valence-electron chi connectivity index (χ4n) is 4.05. The molecule has 2 N–H and O–H groups in total. The molecule has 9 heteroatoms. The van der Waals surface area contributed by atoms with E-state index < -0.39 is 0 Å². The van der Waals surface area contributed by atoms with Crippen LogP contribution in [0.1, 0.15) is 32.3 Å². The molecule has 0 saturated carbocycles. The van der Waals surface area contributed by atoms with Crippen LogP contribution in [0, 0.1) is 0 Å². The fourth-order valence-corrected chi connectivity index (χ4v) is 4.79. The fraction of sp³-hybridized carbons (Fsp3) is 0.308. The van der Waals surface area contributed by atoms with Crippen LogP contribution >= 0.6 is 11.3 Å². The van der Waals surface area contributed by atoms with Gasteiger partial charge in [-0.25, -0.2) is 9.78 Å². The maximum Gasteiger partial charge on any atom is 0.329 e. The van der Waals surface area contributed by atoms with Crippen LogP contribution in [0.15, 0.2) is 58.7 Å². The van der Waals surface area contributed by atoms with Gasteiger partial charge in [0.1, 0.15) is 0 Å². The van der Waals surface area contributed by atoms with E-state index in [1.807, 2.05) is 48.7 Å². The Labute approximate surface area is 207 Å². The maximum atomic E-state index is 12.7. The van der Waals surface area contributed by atoms with Crippen molar-refractivity contribution in [1.82, 2.24) is 19.4 Å². The number of benzene rings is 2. The van der Waals surface area contributed by atoms with E-state index in [4.69, 9.17) is 0 Å². The molecule has 0 atom stereocenters. The average molecular weight is 492 g/mol. The number of imidazole rings is 1. The molecular formula is C26H29N5O3S. The number of carbonyl (C=O) groups excluding carboxylic acids is 2. The molecule has 4 aromatic rings. The minimum absolute atomic E-state index is 0.00946. The monoisotopic (exact) mass is 491 g/mol. The number of carbonyl (C=O) groups is 2. The third-order valence-electron chi connectivity index (χ3n) is 5.82. The lowest BCUT2D eigenvalue weighted by molar-refractivity contribution is -0.119. The van der Waals surface area contributed by atoms with E-state index in [9.17, 15) is 14.4 Å². The topological polar surface area (TPSA) is 98.0 Å². The van der Waals surface area contributed by atoms with Gasteiger partial charge in [-0.3, -0.25) is 18.7 Å². The molecule has 182 valence electrons. The highest BCUT2D eigenvalue weighted by Gasteiger charge is 2.14. The van der Waals surface area contributed by atoms with Crippen LogP contribution in [-0.2, 0) is 29.1 Å². The first kappa shape index (κ1) is 24.4. The zero-order valence-corrected chi connectivity index (χ0v) is 20.7. The molecule has 0 spiro atoms. The summed E-state index contributed by atoms with van der Waals surface area (Å²) in [5.74, 6) is -0.189. The molecule has 2 aromatic carbocycles. The number of nitrogens with one attached hydrogen (secondary N) is 2. The Hall–Kier alpha value is -3.72. The predicted molar refractivity (Wildman–Crippen MR) is 140 cm³/mol. The Kier molecular flexibility index (Phi) is 7.77. The standard InChI is InChI=1S/C26H29N5O3S/c1-3-30-22-8-4-5-9-23(22)31(26(30)34)16-14-24(33)29-25-28-21(17-35-25)20-12-10-19(11-13-20)7-6-15-27-18(2)32/h4-5,8-13,17H,3,6-7,14-16H2,1-2H3,(H,27,32)(H,28,29,33). The van der Waals surface area contributed by atoms with E-state index in [2.05, 4.69) is 27.8 Å². The van der Waals surface area contributed by atoms with E-state index >= 15 is 0 Å². The SMILES string of the molecule is CCn1c(=O)n(CCC(=O)Nc2nc(-c3ccc(CCCNC(C)=O)cc3)cs2)c2ccccc21. The van der Waals surface area contributed by atoms with E-state index in [1.54, 1.807) is 9.13 Å². The van der Waals surface area contributed by atoms with Gasteiger partial charge in [0.15, 0.2) is 5.13 Å². The highest BCUT2D eigenvalue weighted by Crippen LogP contribution is 2.25. The largest absolute Gasteiger partial charge is 0.356 e. The first-order valence-corrected chi connectivity index (χ1v) is 12.6. The number of anilines is 1. The summed E-state index contributed by atoms with van der Waals surface area (Å²) in [7, 11) is 0. The number of aryl methyl sites for hydroxylation is 3. The van der Waals surface area contributed by atoms with Crippen molar-refractivity contribution in [2.75, 3.05) is 11.9 Å². The van der Waals surface area contributed by atoms with Gasteiger partial charge in [-0.15, -0.1) is 11.3 Å². The van der Waals surface area contributed by atoms with Gasteiger partial charge in [0.05, 0.1) is 16.7 Å². The number of amides is 2. The van der Waals surface area contributed by atoms with E-state index in [0.717, 1.165) is 35.1 Å². The summed E-state index contributed by atoms with van der Waals surface area (Å²) in [4.78, 5) is 40.8. The molecule has 2 heterocycles. The molecular weight excluding hydrogens is 462 g/mol. The Morgan fingerprint density at radius 3 is 2.43 bits per heavy atom. The molecule has 4 rings (SSSR count). The first-order chi connectivity index (χ1) is 17.0. The molecule has 2 aromatic heterocycles. The van der Waals surface area contributed by atoms with Crippen molar-refractivity contribution in [3.8, 4) is 11.3 Å². The highest BCUT2D eigenvalue weighted by atomic mass is 32.1. The van der Waals surface area contributed by atoms with Crippen LogP contribution in [-0.4, -0.2) is 32.5 Å². The van der Waals surface area contributed by atoms with E-state index in [-0.39, 0.29) is 23.9 Å². The number of para-hydroxylation sites is 2. The minimum atomic E-state index is -0.180. The molecule has 0 unspecified atom stereocenters. The summed E-state index contributed by atoms with van der Waals surface area (Å²) in [6.07, 6.45) is 1.95. The highest BCUT2D eigenvalue weighted by molar-refractivity contribution is 7.14. The number of rotatable bonds is 10. The molecule has 0 saturated heterocycles. The van der Waals surface area contributed by atoms with Gasteiger partial charge >= 0.3 is 5.69 Å². The van der Waals surface area contributed by atoms with Crippen molar-refractivity contribution in [1.29, 1.82) is 0 Å². The van der Waals surface area contributed by atoms with Crippen LogP contribution in [0.3, 0.4) is 0 Å². The summed E-state index contributed by atoms with van der Waals surface area (Å²) in [5.41, 5.74) is 4.59. The second kappa shape index (κ2) is 11.1. The number of hydrogen-bond donors (Lipinski definition) is 2. The first-order valence-electron chi connectivity index (χ1n) is 11.7. The van der Waals surface area contributed by atoms with Crippen molar-refractivity contribution in [3.63, 3.8) is 0 Å². The lowest BCUT2D eigenvalue weighted by Crippen LogP contribution is -2.25. The average Bonchev–Trinajstić information content (AvgIpc) is 3.42. The Morgan fingerprint density at radius 2 is 1.74 bits per heavy atom. The smallest absolute Gasteiger partial charge is 0.329 e. The number of aromatic nitrogens is 3. The predicted octanol–water partition coefficient (Wildman–Crippen LogP) is 4.04. The summed E-state index contributed by atoms with van der Waals surface area (Å²) < 4.78 is 3.37. The zero-order chi connectivity index (χ0) is 24.8. The Balaban J connectivity index is 1.33. The summed E-state index contributed by atoms with van der Waals surface area (Å²) in [5, 5.41) is 8.11. The summed E-state index contributed by atoms with van der Waals surface area (Å²) in [6.45, 7) is 5.01. The van der Waals surface area contributed by atoms with Gasteiger partial charge in [0.25, 0.3) is 0 Å². The molecule has 2 amide bonds. The van der Waals surface area contributed by atoms with Gasteiger partial charge in [0.2, 0.25) is 11.8 Å². The van der Waals surface area contributed by atoms with Crippen LogP contribution in [0.5, 0.6) is 0 Å². The second-order valence-electron chi connectivity index (χ2n) is 8.29. The molecule has 0 bridgehead atoms. The molecule has 0 aliphatic heterocycles. The van der Waals surface area contributed by atoms with Crippen molar-refractivity contribution in [2.45, 2.75) is 46.2 Å². The zero-order valence-electron chi connectivity index (χ0n) is 19.9. The number of fused-ring (bicyclic) bond motifs is 1. The van der Waals surface area contributed by atoms with Crippen LogP contribution in [0.25, 0.3) is 22.3 Å². The minimum Gasteiger partial charge on any atom is -0.356 e. The number of hydrogen-bond acceptors (Lipinski definition) is 5. The number of thiazole rings is 1. The van der Waals surface area contributed by atoms with Crippen LogP contribution < -0.4 is 16.3 Å².